The summed E-state index contributed by atoms with van der Waals surface area (Å²) in [6, 6.07) is 18.0. The van der Waals surface area contributed by atoms with E-state index in [1.807, 2.05) is 48.5 Å². The minimum absolute atomic E-state index is 0.189. The molecule has 0 aliphatic carbocycles. The van der Waals surface area contributed by atoms with Gasteiger partial charge in [-0.15, -0.1) is 0 Å². The Morgan fingerprint density at radius 1 is 1.12 bits per heavy atom. The van der Waals surface area contributed by atoms with E-state index in [9.17, 15) is 0 Å². The van der Waals surface area contributed by atoms with Crippen LogP contribution in [0.2, 0.25) is 5.02 Å². The zero-order valence-electron chi connectivity index (χ0n) is 13.7. The lowest BCUT2D eigenvalue weighted by molar-refractivity contribution is 0.136. The molecular weight excluding hydrogens is 336 g/mol. The van der Waals surface area contributed by atoms with Gasteiger partial charge >= 0.3 is 0 Å². The molecule has 1 aliphatic rings. The fourth-order valence-corrected chi connectivity index (χ4v) is 3.45. The summed E-state index contributed by atoms with van der Waals surface area (Å²) in [4.78, 5) is 6.89. The first-order chi connectivity index (χ1) is 12.3. The molecule has 1 unspecified atom stereocenters. The van der Waals surface area contributed by atoms with E-state index in [0.717, 1.165) is 35.8 Å². The molecular formula is C19H19ClN4O. The average Bonchev–Trinajstić information content (AvgIpc) is 3.12. The molecule has 1 atom stereocenters. The Balaban J connectivity index is 1.55. The van der Waals surface area contributed by atoms with Crippen molar-refractivity contribution in [2.75, 3.05) is 19.6 Å². The highest BCUT2D eigenvalue weighted by atomic mass is 35.5. The zero-order valence-corrected chi connectivity index (χ0v) is 14.5. The van der Waals surface area contributed by atoms with E-state index in [4.69, 9.17) is 16.1 Å². The summed E-state index contributed by atoms with van der Waals surface area (Å²) in [7, 11) is 0. The molecule has 6 heteroatoms. The second kappa shape index (κ2) is 7.35. The van der Waals surface area contributed by atoms with Gasteiger partial charge in [0, 0.05) is 36.3 Å². The highest BCUT2D eigenvalue weighted by molar-refractivity contribution is 6.31. The maximum Gasteiger partial charge on any atom is 0.241 e. The number of halogens is 1. The quantitative estimate of drug-likeness (QED) is 0.776. The minimum atomic E-state index is 0.189. The van der Waals surface area contributed by atoms with Gasteiger partial charge in [-0.1, -0.05) is 65.3 Å². The van der Waals surface area contributed by atoms with Crippen LogP contribution in [0.4, 0.5) is 0 Å². The predicted molar refractivity (Wildman–Crippen MR) is 97.2 cm³/mol. The summed E-state index contributed by atoms with van der Waals surface area (Å²) >= 11 is 6.40. The Morgan fingerprint density at radius 2 is 1.92 bits per heavy atom. The maximum atomic E-state index is 6.40. The number of hydrogen-bond donors (Lipinski definition) is 1. The monoisotopic (exact) mass is 354 g/mol. The summed E-state index contributed by atoms with van der Waals surface area (Å²) in [6.45, 7) is 3.29. The Bertz CT molecular complexity index is 836. The summed E-state index contributed by atoms with van der Waals surface area (Å²) < 4.78 is 5.48. The van der Waals surface area contributed by atoms with Crippen molar-refractivity contribution in [1.29, 1.82) is 0 Å². The lowest BCUT2D eigenvalue weighted by Gasteiger charge is -2.35. The number of nitrogens with one attached hydrogen (secondary N) is 1. The molecule has 25 heavy (non-hydrogen) atoms. The van der Waals surface area contributed by atoms with Crippen LogP contribution in [0, 0.1) is 0 Å². The zero-order chi connectivity index (χ0) is 17.1. The van der Waals surface area contributed by atoms with E-state index in [1.165, 1.54) is 0 Å². The third-order valence-corrected chi connectivity index (χ3v) is 4.80. The Kier molecular flexibility index (Phi) is 4.78. The molecule has 1 aliphatic heterocycles. The molecule has 4 rings (SSSR count). The van der Waals surface area contributed by atoms with Crippen molar-refractivity contribution < 1.29 is 4.52 Å². The topological polar surface area (TPSA) is 54.2 Å². The molecule has 1 aromatic heterocycles. The second-order valence-electron chi connectivity index (χ2n) is 6.09. The molecule has 2 aromatic carbocycles. The molecule has 1 saturated heterocycles. The van der Waals surface area contributed by atoms with Crippen molar-refractivity contribution in [3.63, 3.8) is 0 Å². The molecule has 1 N–H and O–H groups in total. The van der Waals surface area contributed by atoms with Crippen molar-refractivity contribution in [2.45, 2.75) is 12.6 Å². The molecule has 1 fully saturated rings. The van der Waals surface area contributed by atoms with Crippen molar-refractivity contribution >= 4 is 11.6 Å². The number of hydrogen-bond acceptors (Lipinski definition) is 5. The highest BCUT2D eigenvalue weighted by Crippen LogP contribution is 2.29. The molecule has 0 amide bonds. The molecule has 2 heterocycles. The van der Waals surface area contributed by atoms with E-state index in [-0.39, 0.29) is 6.04 Å². The van der Waals surface area contributed by atoms with Gasteiger partial charge in [-0.3, -0.25) is 4.90 Å². The maximum absolute atomic E-state index is 6.40. The van der Waals surface area contributed by atoms with Crippen LogP contribution in [0.25, 0.3) is 11.4 Å². The first-order valence-electron chi connectivity index (χ1n) is 8.38. The van der Waals surface area contributed by atoms with Crippen molar-refractivity contribution in [1.82, 2.24) is 20.4 Å². The largest absolute Gasteiger partial charge is 0.338 e. The van der Waals surface area contributed by atoms with Gasteiger partial charge in [0.15, 0.2) is 0 Å². The van der Waals surface area contributed by atoms with Gasteiger partial charge in [0.2, 0.25) is 11.7 Å². The first-order valence-corrected chi connectivity index (χ1v) is 8.76. The second-order valence-corrected chi connectivity index (χ2v) is 6.50. The van der Waals surface area contributed by atoms with Crippen LogP contribution in [-0.2, 0) is 6.54 Å². The molecule has 0 spiro atoms. The van der Waals surface area contributed by atoms with Crippen LogP contribution in [0.15, 0.2) is 59.1 Å². The number of rotatable bonds is 4. The summed E-state index contributed by atoms with van der Waals surface area (Å²) in [5.74, 6) is 1.25. The van der Waals surface area contributed by atoms with Crippen molar-refractivity contribution in [2.24, 2.45) is 0 Å². The van der Waals surface area contributed by atoms with E-state index < -0.39 is 0 Å². The van der Waals surface area contributed by atoms with Crippen molar-refractivity contribution in [3.8, 4) is 11.4 Å². The molecule has 0 radical (unpaired) electrons. The Labute approximate surface area is 151 Å². The van der Waals surface area contributed by atoms with Gasteiger partial charge in [0.1, 0.15) is 0 Å². The molecule has 3 aromatic rings. The van der Waals surface area contributed by atoms with Crippen LogP contribution in [0.3, 0.4) is 0 Å². The van der Waals surface area contributed by atoms with Gasteiger partial charge < -0.3 is 9.84 Å². The predicted octanol–water partition coefficient (Wildman–Crippen LogP) is 3.54. The number of nitrogens with zero attached hydrogens (tertiary/aromatic N) is 3. The van der Waals surface area contributed by atoms with Gasteiger partial charge in [-0.2, -0.15) is 4.98 Å². The standard InChI is InChI=1S/C19H19ClN4O/c20-16-9-5-4-8-15(16)17-12-21-10-11-24(17)13-18-22-19(23-25-18)14-6-2-1-3-7-14/h1-9,17,21H,10-13H2. The Morgan fingerprint density at radius 3 is 2.76 bits per heavy atom. The lowest BCUT2D eigenvalue weighted by Crippen LogP contribution is -2.45. The van der Waals surface area contributed by atoms with E-state index in [0.29, 0.717) is 18.3 Å². The van der Waals surface area contributed by atoms with Gasteiger partial charge in [-0.05, 0) is 11.6 Å². The smallest absolute Gasteiger partial charge is 0.241 e. The van der Waals surface area contributed by atoms with Crippen LogP contribution in [-0.4, -0.2) is 34.7 Å². The molecule has 128 valence electrons. The van der Waals surface area contributed by atoms with Gasteiger partial charge in [-0.25, -0.2) is 0 Å². The first kappa shape index (κ1) is 16.3. The summed E-state index contributed by atoms with van der Waals surface area (Å²) in [5, 5.41) is 8.34. The Hall–Kier alpha value is -2.21. The van der Waals surface area contributed by atoms with Gasteiger partial charge in [0.05, 0.1) is 6.54 Å². The molecule has 0 saturated carbocycles. The minimum Gasteiger partial charge on any atom is -0.338 e. The molecule has 0 bridgehead atoms. The van der Waals surface area contributed by atoms with Crippen molar-refractivity contribution in [3.05, 3.63) is 71.1 Å². The fourth-order valence-electron chi connectivity index (χ4n) is 3.18. The average molecular weight is 355 g/mol. The van der Waals surface area contributed by atoms with Crippen LogP contribution in [0.1, 0.15) is 17.5 Å². The van der Waals surface area contributed by atoms with Crippen LogP contribution in [0.5, 0.6) is 0 Å². The third kappa shape index (κ3) is 3.58. The fraction of sp³-hybridized carbons (Fsp3) is 0.263. The third-order valence-electron chi connectivity index (χ3n) is 4.46. The SMILES string of the molecule is Clc1ccccc1C1CNCCN1Cc1nc(-c2ccccc2)no1. The molecule has 5 nitrogen and oxygen atoms in total. The highest BCUT2D eigenvalue weighted by Gasteiger charge is 2.27. The number of piperazine rings is 1. The van der Waals surface area contributed by atoms with Gasteiger partial charge in [0.25, 0.3) is 0 Å². The number of aromatic nitrogens is 2. The van der Waals surface area contributed by atoms with Crippen LogP contribution < -0.4 is 5.32 Å². The van der Waals surface area contributed by atoms with E-state index in [1.54, 1.807) is 0 Å². The number of benzene rings is 2. The summed E-state index contributed by atoms with van der Waals surface area (Å²) in [6.07, 6.45) is 0. The van der Waals surface area contributed by atoms with E-state index in [2.05, 4.69) is 26.4 Å². The normalized spacial score (nSPS) is 18.4. The lowest BCUT2D eigenvalue weighted by atomic mass is 10.0. The van der Waals surface area contributed by atoms with E-state index >= 15 is 0 Å². The summed E-state index contributed by atoms with van der Waals surface area (Å²) in [5.41, 5.74) is 2.08. The van der Waals surface area contributed by atoms with Crippen LogP contribution >= 0.6 is 11.6 Å².